The molecule has 1 aliphatic rings. The van der Waals surface area contributed by atoms with Gasteiger partial charge in [0.2, 0.25) is 5.76 Å². The Morgan fingerprint density at radius 3 is 2.52 bits per heavy atom. The highest BCUT2D eigenvalue weighted by Crippen LogP contribution is 2.43. The highest BCUT2D eigenvalue weighted by Gasteiger charge is 2.45. The second-order valence-electron chi connectivity index (χ2n) is 7.42. The smallest absolute Gasteiger partial charge is 0.350 e. The minimum Gasteiger partial charge on any atom is -0.497 e. The lowest BCUT2D eigenvalue weighted by Gasteiger charge is -2.22. The fourth-order valence-electron chi connectivity index (χ4n) is 3.99. The van der Waals surface area contributed by atoms with E-state index in [-0.39, 0.29) is 26.8 Å². The van der Waals surface area contributed by atoms with Crippen molar-refractivity contribution in [3.8, 4) is 5.75 Å². The zero-order valence-electron chi connectivity index (χ0n) is 17.9. The van der Waals surface area contributed by atoms with Gasteiger partial charge in [-0.15, -0.1) is 0 Å². The molecule has 2 aromatic carbocycles. The van der Waals surface area contributed by atoms with Gasteiger partial charge >= 0.3 is 5.97 Å². The number of benzene rings is 2. The molecule has 0 radical (unpaired) electrons. The SMILES string of the molecule is COC(=O)c1sc(N2C(=O)c3oc4ccccc4c(=O)c3C2c2ccc(OC)cc2)nc1C. The van der Waals surface area contributed by atoms with Gasteiger partial charge in [0, 0.05) is 0 Å². The van der Waals surface area contributed by atoms with Gasteiger partial charge in [0.05, 0.1) is 36.9 Å². The van der Waals surface area contributed by atoms with Crippen molar-refractivity contribution in [3.63, 3.8) is 0 Å². The van der Waals surface area contributed by atoms with E-state index in [1.165, 1.54) is 12.0 Å². The number of anilines is 1. The normalized spacial score (nSPS) is 15.1. The summed E-state index contributed by atoms with van der Waals surface area (Å²) in [5, 5.41) is 0.656. The average molecular weight is 462 g/mol. The fraction of sp³-hybridized carbons (Fsp3) is 0.167. The number of aryl methyl sites for hydroxylation is 1. The predicted octanol–water partition coefficient (Wildman–Crippen LogP) is 4.10. The summed E-state index contributed by atoms with van der Waals surface area (Å²) in [4.78, 5) is 45.4. The molecule has 2 aromatic heterocycles. The number of rotatable bonds is 4. The molecule has 8 nitrogen and oxygen atoms in total. The number of fused-ring (bicyclic) bond motifs is 2. The van der Waals surface area contributed by atoms with E-state index in [1.807, 2.05) is 0 Å². The maximum Gasteiger partial charge on any atom is 0.350 e. The van der Waals surface area contributed by atoms with E-state index in [1.54, 1.807) is 62.6 Å². The number of carbonyl (C=O) groups excluding carboxylic acids is 2. The standard InChI is InChI=1S/C24H18N2O6S/c1-12-21(23(29)31-3)33-24(25-12)26-18(13-8-10-14(30-2)11-9-13)17-19(27)15-6-4-5-7-16(15)32-20(17)22(26)28/h4-11,18H,1-3H3. The molecule has 0 N–H and O–H groups in total. The maximum atomic E-state index is 13.6. The molecule has 0 aliphatic carbocycles. The molecule has 4 aromatic rings. The van der Waals surface area contributed by atoms with Gasteiger partial charge in [-0.05, 0) is 36.8 Å². The maximum absolute atomic E-state index is 13.6. The summed E-state index contributed by atoms with van der Waals surface area (Å²) in [6.45, 7) is 1.67. The topological polar surface area (TPSA) is 98.9 Å². The van der Waals surface area contributed by atoms with E-state index in [4.69, 9.17) is 13.9 Å². The van der Waals surface area contributed by atoms with Crippen molar-refractivity contribution >= 4 is 39.3 Å². The number of methoxy groups -OCH3 is 2. The lowest BCUT2D eigenvalue weighted by molar-refractivity contribution is 0.0605. The van der Waals surface area contributed by atoms with Gasteiger partial charge in [0.15, 0.2) is 10.6 Å². The number of thiazole rings is 1. The van der Waals surface area contributed by atoms with Gasteiger partial charge in [-0.25, -0.2) is 9.78 Å². The molecule has 3 heterocycles. The number of amides is 1. The van der Waals surface area contributed by atoms with Crippen LogP contribution in [-0.4, -0.2) is 31.1 Å². The molecule has 1 aliphatic heterocycles. The van der Waals surface area contributed by atoms with Crippen molar-refractivity contribution in [2.24, 2.45) is 0 Å². The monoisotopic (exact) mass is 462 g/mol. The number of nitrogens with zero attached hydrogens (tertiary/aromatic N) is 2. The zero-order chi connectivity index (χ0) is 23.3. The first-order valence-electron chi connectivity index (χ1n) is 10.0. The predicted molar refractivity (Wildman–Crippen MR) is 122 cm³/mol. The van der Waals surface area contributed by atoms with Crippen LogP contribution < -0.4 is 15.1 Å². The molecule has 0 saturated heterocycles. The highest BCUT2D eigenvalue weighted by atomic mass is 32.1. The van der Waals surface area contributed by atoms with Crippen LogP contribution in [0.15, 0.2) is 57.7 Å². The molecular weight excluding hydrogens is 444 g/mol. The fourth-order valence-corrected chi connectivity index (χ4v) is 5.00. The van der Waals surface area contributed by atoms with Crippen molar-refractivity contribution in [3.05, 3.63) is 86.2 Å². The summed E-state index contributed by atoms with van der Waals surface area (Å²) in [6.07, 6.45) is 0. The molecule has 0 bridgehead atoms. The van der Waals surface area contributed by atoms with Crippen molar-refractivity contribution in [2.45, 2.75) is 13.0 Å². The van der Waals surface area contributed by atoms with Gasteiger partial charge in [0.25, 0.3) is 5.91 Å². The van der Waals surface area contributed by atoms with Crippen LogP contribution in [0.25, 0.3) is 11.0 Å². The Labute approximate surface area is 192 Å². The van der Waals surface area contributed by atoms with E-state index >= 15 is 0 Å². The Morgan fingerprint density at radius 1 is 1.09 bits per heavy atom. The van der Waals surface area contributed by atoms with Crippen LogP contribution >= 0.6 is 11.3 Å². The molecular formula is C24H18N2O6S. The van der Waals surface area contributed by atoms with Crippen LogP contribution in [0.3, 0.4) is 0 Å². The zero-order valence-corrected chi connectivity index (χ0v) is 18.8. The molecule has 1 unspecified atom stereocenters. The summed E-state index contributed by atoms with van der Waals surface area (Å²) in [7, 11) is 2.84. The first kappa shape index (κ1) is 20.9. The van der Waals surface area contributed by atoms with Gasteiger partial charge in [-0.2, -0.15) is 0 Å². The minimum atomic E-state index is -0.782. The number of carbonyl (C=O) groups is 2. The van der Waals surface area contributed by atoms with Gasteiger partial charge in [-0.1, -0.05) is 35.6 Å². The summed E-state index contributed by atoms with van der Waals surface area (Å²) < 4.78 is 16.0. The van der Waals surface area contributed by atoms with Crippen LogP contribution in [0.4, 0.5) is 5.13 Å². The van der Waals surface area contributed by atoms with Crippen molar-refractivity contribution in [2.75, 3.05) is 19.1 Å². The third-order valence-corrected chi connectivity index (χ3v) is 6.71. The van der Waals surface area contributed by atoms with Crippen LogP contribution in [0.5, 0.6) is 5.75 Å². The first-order chi connectivity index (χ1) is 15.9. The van der Waals surface area contributed by atoms with Crippen molar-refractivity contribution in [1.29, 1.82) is 0 Å². The van der Waals surface area contributed by atoms with Gasteiger partial charge < -0.3 is 13.9 Å². The molecule has 5 rings (SSSR count). The Bertz CT molecular complexity index is 1470. The average Bonchev–Trinajstić information content (AvgIpc) is 3.36. The van der Waals surface area contributed by atoms with Crippen LogP contribution in [0.2, 0.25) is 0 Å². The van der Waals surface area contributed by atoms with Crippen LogP contribution in [-0.2, 0) is 4.74 Å². The van der Waals surface area contributed by atoms with Crippen molar-refractivity contribution in [1.82, 2.24) is 4.98 Å². The minimum absolute atomic E-state index is 0.0352. The molecule has 0 spiro atoms. The molecule has 0 fully saturated rings. The van der Waals surface area contributed by atoms with Gasteiger partial charge in [0.1, 0.15) is 16.2 Å². The quantitative estimate of drug-likeness (QED) is 0.421. The van der Waals surface area contributed by atoms with E-state index in [2.05, 4.69) is 4.98 Å². The number of hydrogen-bond acceptors (Lipinski definition) is 8. The Balaban J connectivity index is 1.76. The van der Waals surface area contributed by atoms with Crippen LogP contribution in [0, 0.1) is 6.92 Å². The summed E-state index contributed by atoms with van der Waals surface area (Å²) in [5.74, 6) is -0.439. The summed E-state index contributed by atoms with van der Waals surface area (Å²) in [6, 6.07) is 13.1. The van der Waals surface area contributed by atoms with Crippen molar-refractivity contribution < 1.29 is 23.5 Å². The molecule has 0 saturated carbocycles. The number of hydrogen-bond donors (Lipinski definition) is 0. The van der Waals surface area contributed by atoms with E-state index in [9.17, 15) is 14.4 Å². The second kappa shape index (κ2) is 7.86. The van der Waals surface area contributed by atoms with E-state index in [0.717, 1.165) is 11.3 Å². The molecule has 33 heavy (non-hydrogen) atoms. The largest absolute Gasteiger partial charge is 0.497 e. The lowest BCUT2D eigenvalue weighted by Crippen LogP contribution is -2.29. The Hall–Kier alpha value is -3.98. The third kappa shape index (κ3) is 3.20. The molecule has 166 valence electrons. The van der Waals surface area contributed by atoms with Gasteiger partial charge in [-0.3, -0.25) is 14.5 Å². The number of ether oxygens (including phenoxy) is 2. The number of esters is 1. The lowest BCUT2D eigenvalue weighted by atomic mass is 9.98. The highest BCUT2D eigenvalue weighted by molar-refractivity contribution is 7.17. The number of aromatic nitrogens is 1. The summed E-state index contributed by atoms with van der Waals surface area (Å²) in [5.41, 5.74) is 1.39. The first-order valence-corrected chi connectivity index (χ1v) is 10.8. The molecule has 1 amide bonds. The number of para-hydroxylation sites is 1. The summed E-state index contributed by atoms with van der Waals surface area (Å²) >= 11 is 1.03. The Morgan fingerprint density at radius 2 is 1.82 bits per heavy atom. The molecule has 9 heteroatoms. The third-order valence-electron chi connectivity index (χ3n) is 5.57. The second-order valence-corrected chi connectivity index (χ2v) is 8.40. The van der Waals surface area contributed by atoms with E-state index in [0.29, 0.717) is 28.0 Å². The molecule has 1 atom stereocenters. The Kier molecular flexibility index (Phi) is 4.98. The van der Waals surface area contributed by atoms with Crippen LogP contribution in [0.1, 0.15) is 43.1 Å². The van der Waals surface area contributed by atoms with E-state index < -0.39 is 17.9 Å².